The lowest BCUT2D eigenvalue weighted by Gasteiger charge is -2.34. The van der Waals surface area contributed by atoms with Crippen LogP contribution < -0.4 is 5.32 Å². The highest BCUT2D eigenvalue weighted by molar-refractivity contribution is 7.98. The number of rotatable bonds is 16. The van der Waals surface area contributed by atoms with Gasteiger partial charge in [0.05, 0.1) is 7.11 Å². The summed E-state index contributed by atoms with van der Waals surface area (Å²) in [5.74, 6) is -5.80. The molecule has 0 heterocycles. The van der Waals surface area contributed by atoms with Crippen LogP contribution in [0, 0.1) is 23.7 Å². The van der Waals surface area contributed by atoms with Gasteiger partial charge in [0.25, 0.3) is 0 Å². The Bertz CT molecular complexity index is 691. The molecule has 8 nitrogen and oxygen atoms in total. The van der Waals surface area contributed by atoms with Crippen LogP contribution in [0.4, 0.5) is 0 Å². The second-order valence-electron chi connectivity index (χ2n) is 7.88. The summed E-state index contributed by atoms with van der Waals surface area (Å²) < 4.78 is 4.81. The number of hydrogen-bond donors (Lipinski definition) is 1. The Morgan fingerprint density at radius 1 is 0.806 bits per heavy atom. The van der Waals surface area contributed by atoms with Crippen molar-refractivity contribution in [2.24, 2.45) is 23.7 Å². The molecule has 0 saturated heterocycles. The fourth-order valence-electron chi connectivity index (χ4n) is 3.88. The lowest BCUT2D eigenvalue weighted by Crippen LogP contribution is -2.49. The molecule has 0 aliphatic rings. The third kappa shape index (κ3) is 9.43. The largest absolute Gasteiger partial charge is 0.468 e. The molecule has 0 aliphatic carbocycles. The van der Waals surface area contributed by atoms with E-state index in [0.717, 1.165) is 0 Å². The van der Waals surface area contributed by atoms with Gasteiger partial charge in [-0.2, -0.15) is 11.8 Å². The van der Waals surface area contributed by atoms with Gasteiger partial charge in [0.1, 0.15) is 35.0 Å². The number of esters is 1. The average Bonchev–Trinajstić information content (AvgIpc) is 2.66. The summed E-state index contributed by atoms with van der Waals surface area (Å²) in [5.41, 5.74) is 0. The van der Waals surface area contributed by atoms with Crippen molar-refractivity contribution in [3.8, 4) is 0 Å². The second kappa shape index (κ2) is 14.2. The van der Waals surface area contributed by atoms with Gasteiger partial charge >= 0.3 is 5.97 Å². The molecule has 0 aliphatic heterocycles. The molecule has 0 aromatic carbocycles. The van der Waals surface area contributed by atoms with Crippen molar-refractivity contribution in [3.63, 3.8) is 0 Å². The molecular weight excluding hydrogens is 422 g/mol. The summed E-state index contributed by atoms with van der Waals surface area (Å²) in [4.78, 5) is 73.8. The highest BCUT2D eigenvalue weighted by Crippen LogP contribution is 2.33. The third-order valence-electron chi connectivity index (χ3n) is 5.42. The Labute approximate surface area is 188 Å². The number of carbonyl (C=O) groups excluding carboxylic acids is 6. The predicted molar refractivity (Wildman–Crippen MR) is 119 cm³/mol. The van der Waals surface area contributed by atoms with E-state index in [1.807, 2.05) is 6.26 Å². The zero-order chi connectivity index (χ0) is 24.3. The monoisotopic (exact) mass is 457 g/mol. The maximum Gasteiger partial charge on any atom is 0.322 e. The van der Waals surface area contributed by atoms with E-state index in [9.17, 15) is 28.8 Å². The first kappa shape index (κ1) is 29.1. The van der Waals surface area contributed by atoms with Gasteiger partial charge < -0.3 is 14.8 Å². The van der Waals surface area contributed by atoms with Gasteiger partial charge in [0.2, 0.25) is 0 Å². The molecule has 0 aromatic heterocycles. The molecule has 5 atom stereocenters. The molecule has 31 heavy (non-hydrogen) atoms. The van der Waals surface area contributed by atoms with Crippen LogP contribution in [0.3, 0.4) is 0 Å². The number of nitrogens with one attached hydrogen (secondary N) is 1. The highest BCUT2D eigenvalue weighted by atomic mass is 32.2. The van der Waals surface area contributed by atoms with Gasteiger partial charge in [0, 0.05) is 36.6 Å². The van der Waals surface area contributed by atoms with Crippen LogP contribution in [-0.2, 0) is 33.5 Å². The minimum atomic E-state index is -1.10. The second-order valence-corrected chi connectivity index (χ2v) is 8.86. The normalized spacial score (nSPS) is 15.8. The molecule has 0 amide bonds. The summed E-state index contributed by atoms with van der Waals surface area (Å²) in [7, 11) is 1.27. The van der Waals surface area contributed by atoms with E-state index in [1.54, 1.807) is 11.8 Å². The Hall–Kier alpha value is -1.87. The molecule has 4 unspecified atom stereocenters. The molecular formula is C22H35NO7S. The maximum atomic E-state index is 12.6. The smallest absolute Gasteiger partial charge is 0.322 e. The van der Waals surface area contributed by atoms with E-state index in [2.05, 4.69) is 5.32 Å². The summed E-state index contributed by atoms with van der Waals surface area (Å²) in [6.45, 7) is 6.39. The van der Waals surface area contributed by atoms with Crippen molar-refractivity contribution >= 4 is 46.6 Å². The fraction of sp³-hybridized carbons (Fsp3) is 0.727. The number of methoxy groups -OCH3 is 1. The Morgan fingerprint density at radius 3 is 1.65 bits per heavy atom. The molecule has 0 aromatic rings. The van der Waals surface area contributed by atoms with Crippen LogP contribution in [0.1, 0.15) is 47.5 Å². The molecule has 1 N–H and O–H groups in total. The number of ether oxygens (including phenoxy) is 1. The fourth-order valence-corrected chi connectivity index (χ4v) is 4.35. The van der Waals surface area contributed by atoms with Crippen molar-refractivity contribution in [1.29, 1.82) is 0 Å². The van der Waals surface area contributed by atoms with Gasteiger partial charge in [-0.3, -0.25) is 24.0 Å². The van der Waals surface area contributed by atoms with E-state index in [1.165, 1.54) is 41.7 Å². The lowest BCUT2D eigenvalue weighted by atomic mass is 9.68. The van der Waals surface area contributed by atoms with Crippen LogP contribution in [0.5, 0.6) is 0 Å². The van der Waals surface area contributed by atoms with E-state index >= 15 is 0 Å². The number of carbonyl (C=O) groups is 6. The maximum absolute atomic E-state index is 12.6. The standard InChI is InChI=1S/C22H35NO7S/c1-12(24)10-17(13(2)25)20(15(4)27)21(16(5)28)18(14(3)26)11-23-19(8-9-31-7)22(29)30-6/h17-21,23H,8-11H2,1-7H3/t17?,18?,19-,20?,21?/m0/s1. The molecule has 0 radical (unpaired) electrons. The van der Waals surface area contributed by atoms with E-state index in [4.69, 9.17) is 4.74 Å². The molecule has 9 heteroatoms. The van der Waals surface area contributed by atoms with E-state index < -0.39 is 47.2 Å². The predicted octanol–water partition coefficient (Wildman–Crippen LogP) is 1.67. The summed E-state index contributed by atoms with van der Waals surface area (Å²) in [5, 5.41) is 3.00. The first-order valence-electron chi connectivity index (χ1n) is 10.2. The molecule has 0 saturated carbocycles. The lowest BCUT2D eigenvalue weighted by molar-refractivity contribution is -0.144. The van der Waals surface area contributed by atoms with Crippen LogP contribution in [-0.4, -0.2) is 66.6 Å². The van der Waals surface area contributed by atoms with E-state index in [0.29, 0.717) is 12.2 Å². The van der Waals surface area contributed by atoms with Crippen LogP contribution in [0.15, 0.2) is 0 Å². The van der Waals surface area contributed by atoms with Gasteiger partial charge in [-0.25, -0.2) is 0 Å². The van der Waals surface area contributed by atoms with Crippen molar-refractivity contribution in [2.45, 2.75) is 53.5 Å². The Kier molecular flexibility index (Phi) is 13.4. The molecule has 0 spiro atoms. The van der Waals surface area contributed by atoms with Gasteiger partial charge in [-0.1, -0.05) is 0 Å². The molecule has 0 fully saturated rings. The molecule has 0 bridgehead atoms. The van der Waals surface area contributed by atoms with Gasteiger partial charge in [0.15, 0.2) is 0 Å². The number of hydrogen-bond acceptors (Lipinski definition) is 9. The van der Waals surface area contributed by atoms with Crippen molar-refractivity contribution in [2.75, 3.05) is 25.7 Å². The van der Waals surface area contributed by atoms with Crippen molar-refractivity contribution in [1.82, 2.24) is 5.32 Å². The minimum Gasteiger partial charge on any atom is -0.468 e. The summed E-state index contributed by atoms with van der Waals surface area (Å²) >= 11 is 1.55. The molecule has 176 valence electrons. The number of ketones is 5. The van der Waals surface area contributed by atoms with Crippen LogP contribution in [0.25, 0.3) is 0 Å². The number of thioether (sulfide) groups is 1. The minimum absolute atomic E-state index is 0.0395. The van der Waals surface area contributed by atoms with Gasteiger partial charge in [-0.05, 0) is 53.0 Å². The zero-order valence-corrected chi connectivity index (χ0v) is 20.3. The zero-order valence-electron chi connectivity index (χ0n) is 19.5. The third-order valence-corrected chi connectivity index (χ3v) is 6.07. The summed E-state index contributed by atoms with van der Waals surface area (Å²) in [6.07, 6.45) is 2.17. The highest BCUT2D eigenvalue weighted by Gasteiger charge is 2.44. The quantitative estimate of drug-likeness (QED) is 0.345. The summed E-state index contributed by atoms with van der Waals surface area (Å²) in [6, 6.07) is -0.677. The van der Waals surface area contributed by atoms with Crippen LogP contribution in [0.2, 0.25) is 0 Å². The number of Topliss-reactive ketones (excluding diaryl/α,β-unsaturated/α-hetero) is 5. The Balaban J connectivity index is 6.06. The van der Waals surface area contributed by atoms with Crippen molar-refractivity contribution in [3.05, 3.63) is 0 Å². The SMILES string of the molecule is COC(=O)[C@H](CCSC)NCC(C(C)=O)C(C(C)=O)C(C(C)=O)C(CC(C)=O)C(C)=O. The van der Waals surface area contributed by atoms with Gasteiger partial charge in [-0.15, -0.1) is 0 Å². The first-order chi connectivity index (χ1) is 14.4. The average molecular weight is 458 g/mol. The topological polar surface area (TPSA) is 124 Å². The van der Waals surface area contributed by atoms with Crippen molar-refractivity contribution < 1.29 is 33.5 Å². The van der Waals surface area contributed by atoms with Crippen LogP contribution >= 0.6 is 11.8 Å². The van der Waals surface area contributed by atoms with E-state index in [-0.39, 0.29) is 30.3 Å². The molecule has 0 rings (SSSR count). The Morgan fingerprint density at radius 2 is 1.29 bits per heavy atom. The first-order valence-corrected chi connectivity index (χ1v) is 11.6.